The molecular weight excluding hydrogens is 325 g/mol. The van der Waals surface area contributed by atoms with Gasteiger partial charge in [-0.25, -0.2) is 4.98 Å². The first-order valence-electron chi connectivity index (χ1n) is 8.04. The number of fused-ring (bicyclic) bond motifs is 1. The fourth-order valence-corrected chi connectivity index (χ4v) is 3.31. The average molecular weight is 344 g/mol. The van der Waals surface area contributed by atoms with Crippen LogP contribution in [0.2, 0.25) is 0 Å². The van der Waals surface area contributed by atoms with Crippen LogP contribution in [-0.4, -0.2) is 33.4 Å². The number of carbonyl (C=O) groups excluding carboxylic acids is 2. The van der Waals surface area contributed by atoms with Crippen molar-refractivity contribution in [1.82, 2.24) is 20.2 Å². The molecule has 2 aliphatic heterocycles. The number of carbonyl (C=O) groups is 2. The molecule has 0 spiro atoms. The summed E-state index contributed by atoms with van der Waals surface area (Å²) in [6.45, 7) is 2.08. The molecule has 0 bridgehead atoms. The van der Waals surface area contributed by atoms with Crippen molar-refractivity contribution in [2.75, 3.05) is 0 Å². The summed E-state index contributed by atoms with van der Waals surface area (Å²) in [4.78, 5) is 27.6. The zero-order valence-corrected chi connectivity index (χ0v) is 13.2. The van der Waals surface area contributed by atoms with Gasteiger partial charge in [0.15, 0.2) is 5.69 Å². The van der Waals surface area contributed by atoms with E-state index in [0.29, 0.717) is 25.2 Å². The number of rotatable bonds is 2. The molecule has 0 radical (unpaired) electrons. The van der Waals surface area contributed by atoms with Gasteiger partial charge in [-0.2, -0.15) is 13.2 Å². The van der Waals surface area contributed by atoms with E-state index in [-0.39, 0.29) is 18.4 Å². The minimum Gasteiger partial charge on any atom is -0.352 e. The number of piperidine rings is 1. The van der Waals surface area contributed by atoms with Crippen LogP contribution in [0, 0.1) is 0 Å². The quantitative estimate of drug-likeness (QED) is 0.856. The van der Waals surface area contributed by atoms with E-state index in [1.807, 2.05) is 0 Å². The predicted octanol–water partition coefficient (Wildman–Crippen LogP) is 1.64. The number of aromatic nitrogens is 2. The summed E-state index contributed by atoms with van der Waals surface area (Å²) in [6.07, 6.45) is -2.11. The topological polar surface area (TPSA) is 76.0 Å². The third kappa shape index (κ3) is 3.11. The molecule has 0 aromatic carbocycles. The van der Waals surface area contributed by atoms with Gasteiger partial charge in [-0.15, -0.1) is 0 Å². The van der Waals surface area contributed by atoms with E-state index in [1.54, 1.807) is 6.92 Å². The van der Waals surface area contributed by atoms with E-state index in [1.165, 1.54) is 4.57 Å². The second-order valence-corrected chi connectivity index (χ2v) is 6.31. The summed E-state index contributed by atoms with van der Waals surface area (Å²) < 4.78 is 41.2. The van der Waals surface area contributed by atoms with Gasteiger partial charge in [0.05, 0.1) is 0 Å². The van der Waals surface area contributed by atoms with Crippen LogP contribution in [0.1, 0.15) is 54.6 Å². The summed E-state index contributed by atoms with van der Waals surface area (Å²) in [5, 5.41) is 5.33. The lowest BCUT2D eigenvalue weighted by Gasteiger charge is -2.30. The minimum atomic E-state index is -4.68. The lowest BCUT2D eigenvalue weighted by atomic mass is 9.99. The van der Waals surface area contributed by atoms with Crippen LogP contribution >= 0.6 is 0 Å². The van der Waals surface area contributed by atoms with Gasteiger partial charge in [0.1, 0.15) is 11.5 Å². The molecule has 1 fully saturated rings. The summed E-state index contributed by atoms with van der Waals surface area (Å²) in [5.41, 5.74) is -1.54. The summed E-state index contributed by atoms with van der Waals surface area (Å²) >= 11 is 0. The van der Waals surface area contributed by atoms with Gasteiger partial charge in [0.25, 0.3) is 5.91 Å². The first-order valence-corrected chi connectivity index (χ1v) is 8.04. The third-order valence-electron chi connectivity index (χ3n) is 4.55. The molecule has 0 saturated carbocycles. The maximum atomic E-state index is 13.3. The molecule has 6 nitrogen and oxygen atoms in total. The number of amides is 2. The van der Waals surface area contributed by atoms with E-state index in [0.717, 1.165) is 12.8 Å². The zero-order valence-electron chi connectivity index (χ0n) is 13.2. The first-order chi connectivity index (χ1) is 11.3. The molecule has 2 aliphatic rings. The van der Waals surface area contributed by atoms with E-state index < -0.39 is 29.5 Å². The van der Waals surface area contributed by atoms with Gasteiger partial charge in [0.2, 0.25) is 5.91 Å². The van der Waals surface area contributed by atoms with Crippen molar-refractivity contribution in [3.05, 3.63) is 17.2 Å². The molecular formula is C15H19F3N4O2. The van der Waals surface area contributed by atoms with Crippen LogP contribution in [0.25, 0.3) is 0 Å². The Hall–Kier alpha value is -2.06. The Morgan fingerprint density at radius 1 is 1.33 bits per heavy atom. The summed E-state index contributed by atoms with van der Waals surface area (Å²) in [5.74, 6) is -0.592. The van der Waals surface area contributed by atoms with Gasteiger partial charge >= 0.3 is 6.18 Å². The van der Waals surface area contributed by atoms with Crippen LogP contribution in [0.5, 0.6) is 0 Å². The number of halogens is 3. The van der Waals surface area contributed by atoms with Gasteiger partial charge in [-0.1, -0.05) is 0 Å². The Labute approximate surface area is 136 Å². The van der Waals surface area contributed by atoms with Crippen molar-refractivity contribution in [2.45, 2.75) is 63.8 Å². The SMILES string of the molecule is CC1NC(=O)CCC1NC(=O)c1c(C(F)(F)F)nc2n1CCCC2. The third-order valence-corrected chi connectivity index (χ3v) is 4.55. The number of nitrogens with zero attached hydrogens (tertiary/aromatic N) is 2. The van der Waals surface area contributed by atoms with Gasteiger partial charge in [-0.05, 0) is 26.2 Å². The molecule has 2 unspecified atom stereocenters. The second kappa shape index (κ2) is 6.10. The van der Waals surface area contributed by atoms with Crippen molar-refractivity contribution < 1.29 is 22.8 Å². The van der Waals surface area contributed by atoms with Crippen molar-refractivity contribution in [3.63, 3.8) is 0 Å². The molecule has 3 rings (SSSR count). The Kier molecular flexibility index (Phi) is 4.27. The van der Waals surface area contributed by atoms with E-state index in [4.69, 9.17) is 0 Å². The minimum absolute atomic E-state index is 0.120. The lowest BCUT2D eigenvalue weighted by molar-refractivity contribution is -0.141. The van der Waals surface area contributed by atoms with Crippen LogP contribution in [-0.2, 0) is 23.9 Å². The maximum absolute atomic E-state index is 13.3. The average Bonchev–Trinajstić information content (AvgIpc) is 2.90. The van der Waals surface area contributed by atoms with E-state index >= 15 is 0 Å². The van der Waals surface area contributed by atoms with Crippen LogP contribution in [0.4, 0.5) is 13.2 Å². The smallest absolute Gasteiger partial charge is 0.352 e. The number of imidazole rings is 1. The molecule has 1 aromatic rings. The van der Waals surface area contributed by atoms with Crippen molar-refractivity contribution in [3.8, 4) is 0 Å². The Morgan fingerprint density at radius 2 is 2.08 bits per heavy atom. The number of aryl methyl sites for hydroxylation is 1. The highest BCUT2D eigenvalue weighted by atomic mass is 19.4. The van der Waals surface area contributed by atoms with Crippen LogP contribution in [0.3, 0.4) is 0 Å². The highest BCUT2D eigenvalue weighted by Crippen LogP contribution is 2.33. The van der Waals surface area contributed by atoms with Crippen LogP contribution < -0.4 is 10.6 Å². The molecule has 1 aromatic heterocycles. The molecule has 132 valence electrons. The predicted molar refractivity (Wildman–Crippen MR) is 78.3 cm³/mol. The fourth-order valence-electron chi connectivity index (χ4n) is 3.31. The molecule has 2 amide bonds. The summed E-state index contributed by atoms with van der Waals surface area (Å²) in [7, 11) is 0. The van der Waals surface area contributed by atoms with Crippen molar-refractivity contribution in [1.29, 1.82) is 0 Å². The monoisotopic (exact) mass is 344 g/mol. The fraction of sp³-hybridized carbons (Fsp3) is 0.667. The zero-order chi connectivity index (χ0) is 17.5. The van der Waals surface area contributed by atoms with Gasteiger partial charge in [0, 0.05) is 31.5 Å². The molecule has 0 aliphatic carbocycles. The molecule has 24 heavy (non-hydrogen) atoms. The molecule has 1 saturated heterocycles. The largest absolute Gasteiger partial charge is 0.435 e. The highest BCUT2D eigenvalue weighted by molar-refractivity contribution is 5.94. The standard InChI is InChI=1S/C15H19F3N4O2/c1-8-9(5-6-11(23)19-8)20-14(24)12-13(15(16,17)18)21-10-4-2-3-7-22(10)12/h8-9H,2-7H2,1H3,(H,19,23)(H,20,24). The summed E-state index contributed by atoms with van der Waals surface area (Å²) in [6, 6.07) is -0.723. The number of hydrogen-bond acceptors (Lipinski definition) is 3. The molecule has 9 heteroatoms. The first kappa shape index (κ1) is 16.8. The number of nitrogens with one attached hydrogen (secondary N) is 2. The van der Waals surface area contributed by atoms with Crippen molar-refractivity contribution in [2.24, 2.45) is 0 Å². The van der Waals surface area contributed by atoms with Crippen LogP contribution in [0.15, 0.2) is 0 Å². The van der Waals surface area contributed by atoms with Crippen molar-refractivity contribution >= 4 is 11.8 Å². The number of alkyl halides is 3. The Bertz CT molecular complexity index is 668. The van der Waals surface area contributed by atoms with Gasteiger partial charge < -0.3 is 15.2 Å². The van der Waals surface area contributed by atoms with E-state index in [2.05, 4.69) is 15.6 Å². The molecule has 2 N–H and O–H groups in total. The number of hydrogen-bond donors (Lipinski definition) is 2. The lowest BCUT2D eigenvalue weighted by Crippen LogP contribution is -2.54. The highest BCUT2D eigenvalue weighted by Gasteiger charge is 2.42. The molecule has 3 heterocycles. The molecule has 2 atom stereocenters. The maximum Gasteiger partial charge on any atom is 0.435 e. The Balaban J connectivity index is 1.89. The second-order valence-electron chi connectivity index (χ2n) is 6.31. The normalized spacial score (nSPS) is 24.2. The van der Waals surface area contributed by atoms with E-state index in [9.17, 15) is 22.8 Å². The van der Waals surface area contributed by atoms with Gasteiger partial charge in [-0.3, -0.25) is 9.59 Å². The Morgan fingerprint density at radius 3 is 2.75 bits per heavy atom.